The Hall–Kier alpha value is -0.960. The molecule has 0 aromatic heterocycles. The summed E-state index contributed by atoms with van der Waals surface area (Å²) in [7, 11) is 0. The summed E-state index contributed by atoms with van der Waals surface area (Å²) in [6, 6.07) is 4.07. The van der Waals surface area contributed by atoms with Gasteiger partial charge in [0.05, 0.1) is 0 Å². The molecule has 1 aromatic rings. The fourth-order valence-electron chi connectivity index (χ4n) is 2.06. The van der Waals surface area contributed by atoms with E-state index in [1.165, 1.54) is 18.2 Å². The summed E-state index contributed by atoms with van der Waals surface area (Å²) >= 11 is 0. The highest BCUT2D eigenvalue weighted by atomic mass is 19.1. The smallest absolute Gasteiger partial charge is 0.130 e. The van der Waals surface area contributed by atoms with Gasteiger partial charge >= 0.3 is 0 Å². The van der Waals surface area contributed by atoms with Crippen molar-refractivity contribution in [2.45, 2.75) is 39.3 Å². The minimum atomic E-state index is -0.474. The molecule has 88 valence electrons. The second-order valence-electron chi connectivity index (χ2n) is 5.27. The molecule has 2 atom stereocenters. The predicted octanol–water partition coefficient (Wildman–Crippen LogP) is 3.41. The molecule has 1 N–H and O–H groups in total. The Balaban J connectivity index is 2.12. The summed E-state index contributed by atoms with van der Waals surface area (Å²) in [5, 5.41) is 3.26. The number of benzene rings is 1. The molecule has 0 spiro atoms. The summed E-state index contributed by atoms with van der Waals surface area (Å²) in [6.07, 6.45) is 1.06. The number of halogens is 2. The average molecular weight is 225 g/mol. The van der Waals surface area contributed by atoms with Gasteiger partial charge in [-0.1, -0.05) is 19.9 Å². The summed E-state index contributed by atoms with van der Waals surface area (Å²) < 4.78 is 27.0. The van der Waals surface area contributed by atoms with Gasteiger partial charge < -0.3 is 5.32 Å². The largest absolute Gasteiger partial charge is 0.307 e. The molecular weight excluding hydrogens is 208 g/mol. The predicted molar refractivity (Wildman–Crippen MR) is 60.1 cm³/mol. The van der Waals surface area contributed by atoms with Gasteiger partial charge in [-0.15, -0.1) is 0 Å². The first-order valence-electron chi connectivity index (χ1n) is 5.62. The van der Waals surface area contributed by atoms with Crippen molar-refractivity contribution in [2.75, 3.05) is 0 Å². The van der Waals surface area contributed by atoms with Crippen molar-refractivity contribution in [2.24, 2.45) is 5.41 Å². The van der Waals surface area contributed by atoms with Crippen LogP contribution in [0.4, 0.5) is 8.78 Å². The molecule has 16 heavy (non-hydrogen) atoms. The van der Waals surface area contributed by atoms with E-state index in [1.807, 2.05) is 0 Å². The van der Waals surface area contributed by atoms with Crippen molar-refractivity contribution >= 4 is 0 Å². The van der Waals surface area contributed by atoms with E-state index in [0.29, 0.717) is 6.04 Å². The van der Waals surface area contributed by atoms with Crippen LogP contribution in [-0.2, 0) is 0 Å². The summed E-state index contributed by atoms with van der Waals surface area (Å²) in [6.45, 7) is 6.10. The monoisotopic (exact) mass is 225 g/mol. The minimum absolute atomic E-state index is 0.144. The standard InChI is InChI=1S/C13H17F2N/c1-8(16-11-7-13(11,2)3)12-9(14)5-4-6-10(12)15/h4-6,8,11,16H,7H2,1-3H3. The van der Waals surface area contributed by atoms with Crippen molar-refractivity contribution in [1.82, 2.24) is 5.32 Å². The lowest BCUT2D eigenvalue weighted by molar-refractivity contribution is 0.454. The molecule has 1 aromatic carbocycles. The van der Waals surface area contributed by atoms with Crippen LogP contribution in [0, 0.1) is 17.0 Å². The third-order valence-corrected chi connectivity index (χ3v) is 3.40. The molecule has 0 amide bonds. The Morgan fingerprint density at radius 1 is 1.31 bits per heavy atom. The molecule has 3 heteroatoms. The highest BCUT2D eigenvalue weighted by Gasteiger charge is 2.46. The molecular formula is C13H17F2N. The van der Waals surface area contributed by atoms with E-state index in [1.54, 1.807) is 6.92 Å². The van der Waals surface area contributed by atoms with E-state index in [2.05, 4.69) is 19.2 Å². The SMILES string of the molecule is CC(NC1CC1(C)C)c1c(F)cccc1F. The molecule has 1 aliphatic rings. The van der Waals surface area contributed by atoms with Gasteiger partial charge in [-0.25, -0.2) is 8.78 Å². The Morgan fingerprint density at radius 3 is 2.25 bits per heavy atom. The normalized spacial score (nSPS) is 24.2. The quantitative estimate of drug-likeness (QED) is 0.831. The molecule has 1 fully saturated rings. The van der Waals surface area contributed by atoms with Crippen LogP contribution < -0.4 is 5.32 Å². The molecule has 2 rings (SSSR count). The fraction of sp³-hybridized carbons (Fsp3) is 0.538. The van der Waals surface area contributed by atoms with E-state index >= 15 is 0 Å². The highest BCUT2D eigenvalue weighted by molar-refractivity contribution is 5.23. The van der Waals surface area contributed by atoms with Gasteiger partial charge in [-0.2, -0.15) is 0 Å². The van der Waals surface area contributed by atoms with Crippen LogP contribution in [0.25, 0.3) is 0 Å². The van der Waals surface area contributed by atoms with Crippen molar-refractivity contribution in [3.63, 3.8) is 0 Å². The maximum Gasteiger partial charge on any atom is 0.130 e. The number of nitrogens with one attached hydrogen (secondary N) is 1. The van der Waals surface area contributed by atoms with E-state index in [4.69, 9.17) is 0 Å². The number of rotatable bonds is 3. The molecule has 0 saturated heterocycles. The number of hydrogen-bond donors (Lipinski definition) is 1. The van der Waals surface area contributed by atoms with Crippen molar-refractivity contribution in [3.8, 4) is 0 Å². The lowest BCUT2D eigenvalue weighted by Crippen LogP contribution is -2.25. The Labute approximate surface area is 94.9 Å². The van der Waals surface area contributed by atoms with Crippen LogP contribution in [0.2, 0.25) is 0 Å². The highest BCUT2D eigenvalue weighted by Crippen LogP contribution is 2.45. The topological polar surface area (TPSA) is 12.0 Å². The number of hydrogen-bond acceptors (Lipinski definition) is 1. The molecule has 1 nitrogen and oxygen atoms in total. The van der Waals surface area contributed by atoms with Crippen LogP contribution in [0.15, 0.2) is 18.2 Å². The van der Waals surface area contributed by atoms with E-state index < -0.39 is 11.6 Å². The lowest BCUT2D eigenvalue weighted by Gasteiger charge is -2.16. The Kier molecular flexibility index (Phi) is 2.74. The van der Waals surface area contributed by atoms with Crippen LogP contribution in [0.1, 0.15) is 38.8 Å². The maximum atomic E-state index is 13.5. The zero-order valence-electron chi connectivity index (χ0n) is 9.85. The van der Waals surface area contributed by atoms with Crippen LogP contribution in [0.5, 0.6) is 0 Å². The summed E-state index contributed by atoms with van der Waals surface area (Å²) in [5.74, 6) is -0.947. The summed E-state index contributed by atoms with van der Waals surface area (Å²) in [4.78, 5) is 0. The molecule has 1 saturated carbocycles. The summed E-state index contributed by atoms with van der Waals surface area (Å²) in [5.41, 5.74) is 0.404. The molecule has 2 unspecified atom stereocenters. The minimum Gasteiger partial charge on any atom is -0.307 e. The Bertz CT molecular complexity index is 381. The first-order valence-corrected chi connectivity index (χ1v) is 5.62. The Morgan fingerprint density at radius 2 is 1.81 bits per heavy atom. The molecule has 1 aliphatic carbocycles. The molecule has 0 bridgehead atoms. The van der Waals surface area contributed by atoms with Gasteiger partial charge in [-0.05, 0) is 30.9 Å². The molecule has 0 radical (unpaired) electrons. The van der Waals surface area contributed by atoms with Crippen molar-refractivity contribution in [3.05, 3.63) is 35.4 Å². The zero-order chi connectivity index (χ0) is 11.9. The van der Waals surface area contributed by atoms with Crippen LogP contribution in [-0.4, -0.2) is 6.04 Å². The van der Waals surface area contributed by atoms with Gasteiger partial charge in [0.15, 0.2) is 0 Å². The second kappa shape index (κ2) is 3.81. The lowest BCUT2D eigenvalue weighted by atomic mass is 10.1. The average Bonchev–Trinajstić information content (AvgIpc) is 2.72. The maximum absolute atomic E-state index is 13.5. The van der Waals surface area contributed by atoms with E-state index in [-0.39, 0.29) is 17.0 Å². The van der Waals surface area contributed by atoms with Crippen LogP contribution >= 0.6 is 0 Å². The van der Waals surface area contributed by atoms with Gasteiger partial charge in [0.2, 0.25) is 0 Å². The van der Waals surface area contributed by atoms with Gasteiger partial charge in [0.1, 0.15) is 11.6 Å². The van der Waals surface area contributed by atoms with Gasteiger partial charge in [0.25, 0.3) is 0 Å². The third kappa shape index (κ3) is 2.09. The third-order valence-electron chi connectivity index (χ3n) is 3.40. The fourth-order valence-corrected chi connectivity index (χ4v) is 2.06. The van der Waals surface area contributed by atoms with Gasteiger partial charge in [0, 0.05) is 17.6 Å². The van der Waals surface area contributed by atoms with E-state index in [0.717, 1.165) is 6.42 Å². The first-order chi connectivity index (χ1) is 7.42. The first kappa shape index (κ1) is 11.5. The van der Waals surface area contributed by atoms with Gasteiger partial charge in [-0.3, -0.25) is 0 Å². The van der Waals surface area contributed by atoms with E-state index in [9.17, 15) is 8.78 Å². The van der Waals surface area contributed by atoms with Crippen LogP contribution in [0.3, 0.4) is 0 Å². The second-order valence-corrected chi connectivity index (χ2v) is 5.27. The molecule has 0 heterocycles. The van der Waals surface area contributed by atoms with Crippen molar-refractivity contribution < 1.29 is 8.78 Å². The van der Waals surface area contributed by atoms with Crippen molar-refractivity contribution in [1.29, 1.82) is 0 Å². The molecule has 0 aliphatic heterocycles. The zero-order valence-corrected chi connectivity index (χ0v) is 9.85.